The van der Waals surface area contributed by atoms with Gasteiger partial charge in [-0.15, -0.1) is 0 Å². The fraction of sp³-hybridized carbons (Fsp3) is 0.929. The molecule has 3 atom stereocenters. The molecule has 0 aromatic carbocycles. The van der Waals surface area contributed by atoms with Crippen LogP contribution in [0.4, 0.5) is 0 Å². The highest BCUT2D eigenvalue weighted by molar-refractivity contribution is 6.69. The highest BCUT2D eigenvalue weighted by Gasteiger charge is 2.58. The van der Waals surface area contributed by atoms with Gasteiger partial charge in [0.15, 0.2) is 17.4 Å². The molecule has 1 heterocycles. The zero-order chi connectivity index (χ0) is 15.9. The van der Waals surface area contributed by atoms with Crippen molar-refractivity contribution in [3.8, 4) is 0 Å². The Hall–Kier alpha value is -0.176. The van der Waals surface area contributed by atoms with Gasteiger partial charge in [0, 0.05) is 0 Å². The second kappa shape index (κ2) is 5.55. The molecule has 1 rings (SSSR count). The average molecular weight is 318 g/mol. The van der Waals surface area contributed by atoms with Crippen molar-refractivity contribution in [3.63, 3.8) is 0 Å². The fourth-order valence-corrected chi connectivity index (χ4v) is 5.01. The summed E-state index contributed by atoms with van der Waals surface area (Å²) in [6.07, 6.45) is -0.203. The number of hydrogen-bond acceptors (Lipinski definition) is 3. The molecule has 0 spiro atoms. The van der Waals surface area contributed by atoms with E-state index in [0.29, 0.717) is 0 Å². The Bertz CT molecular complexity index is 374. The quantitative estimate of drug-likeness (QED) is 0.626. The standard InChI is InChI=1S/C14H31NO3Si2/c1-13(2,3)14(4,18-19(5)6)10-11(16)15-12(10)17-20(7,8)9/h10,12,19H,1-9H3,(H,15,16)/t10-,12+,14?/m0/s1. The summed E-state index contributed by atoms with van der Waals surface area (Å²) in [5.41, 5.74) is -0.603. The van der Waals surface area contributed by atoms with E-state index >= 15 is 0 Å². The van der Waals surface area contributed by atoms with Gasteiger partial charge in [-0.3, -0.25) is 4.79 Å². The molecule has 118 valence electrons. The first-order valence-corrected chi connectivity index (χ1v) is 13.6. The second-order valence-corrected chi connectivity index (χ2v) is 15.0. The van der Waals surface area contributed by atoms with Crippen LogP contribution < -0.4 is 5.32 Å². The van der Waals surface area contributed by atoms with Crippen molar-refractivity contribution in [2.45, 2.75) is 72.3 Å². The molecule has 4 nitrogen and oxygen atoms in total. The van der Waals surface area contributed by atoms with Gasteiger partial charge in [0.1, 0.15) is 12.1 Å². The molecular weight excluding hydrogens is 286 g/mol. The first-order valence-electron chi connectivity index (χ1n) is 7.44. The minimum Gasteiger partial charge on any atom is -0.414 e. The highest BCUT2D eigenvalue weighted by Crippen LogP contribution is 2.45. The number of hydrogen-bond donors (Lipinski definition) is 1. The lowest BCUT2D eigenvalue weighted by Crippen LogP contribution is -2.72. The normalized spacial score (nSPS) is 27.0. The molecule has 20 heavy (non-hydrogen) atoms. The maximum Gasteiger partial charge on any atom is 0.232 e. The summed E-state index contributed by atoms with van der Waals surface area (Å²) in [6.45, 7) is 19.2. The van der Waals surface area contributed by atoms with Crippen LogP contribution in [0.3, 0.4) is 0 Å². The maximum absolute atomic E-state index is 12.2. The summed E-state index contributed by atoms with van der Waals surface area (Å²) >= 11 is 0. The molecule has 1 fully saturated rings. The van der Waals surface area contributed by atoms with E-state index in [1.165, 1.54) is 0 Å². The SMILES string of the molecule is C[SiH](C)OC(C)([C@H]1C(=O)N[C@@H]1O[Si](C)(C)C)C(C)(C)C. The van der Waals surface area contributed by atoms with Crippen LogP contribution in [-0.4, -0.2) is 35.1 Å². The molecule has 1 aliphatic rings. The lowest BCUT2D eigenvalue weighted by molar-refractivity contribution is -0.177. The third kappa shape index (κ3) is 3.72. The van der Waals surface area contributed by atoms with Crippen molar-refractivity contribution < 1.29 is 13.6 Å². The Morgan fingerprint density at radius 1 is 1.15 bits per heavy atom. The fourth-order valence-electron chi connectivity index (χ4n) is 2.58. The molecule has 0 bridgehead atoms. The van der Waals surface area contributed by atoms with Gasteiger partial charge in [-0.25, -0.2) is 0 Å². The van der Waals surface area contributed by atoms with Gasteiger partial charge in [-0.1, -0.05) is 20.8 Å². The summed E-state index contributed by atoms with van der Waals surface area (Å²) in [5, 5.41) is 2.91. The van der Waals surface area contributed by atoms with E-state index < -0.39 is 23.0 Å². The van der Waals surface area contributed by atoms with E-state index in [1.54, 1.807) is 0 Å². The number of amides is 1. The lowest BCUT2D eigenvalue weighted by atomic mass is 9.67. The molecule has 1 N–H and O–H groups in total. The van der Waals surface area contributed by atoms with Crippen molar-refractivity contribution in [2.75, 3.05) is 0 Å². The van der Waals surface area contributed by atoms with Crippen LogP contribution in [0.5, 0.6) is 0 Å². The Morgan fingerprint density at radius 3 is 1.95 bits per heavy atom. The van der Waals surface area contributed by atoms with E-state index in [-0.39, 0.29) is 23.5 Å². The zero-order valence-corrected chi connectivity index (χ0v) is 16.6. The van der Waals surface area contributed by atoms with Crippen LogP contribution in [-0.2, 0) is 13.6 Å². The number of β-lactam (4-membered cyclic amide) rings is 1. The monoisotopic (exact) mass is 317 g/mol. The summed E-state index contributed by atoms with van der Waals surface area (Å²) in [6, 6.07) is 0. The van der Waals surface area contributed by atoms with Gasteiger partial charge in [0.05, 0.1) is 5.60 Å². The van der Waals surface area contributed by atoms with E-state index in [9.17, 15) is 4.79 Å². The van der Waals surface area contributed by atoms with Gasteiger partial charge < -0.3 is 14.2 Å². The van der Waals surface area contributed by atoms with Crippen LogP contribution in [0.25, 0.3) is 0 Å². The summed E-state index contributed by atoms with van der Waals surface area (Å²) in [4.78, 5) is 12.2. The van der Waals surface area contributed by atoms with Crippen LogP contribution in [0.1, 0.15) is 27.7 Å². The Morgan fingerprint density at radius 2 is 1.65 bits per heavy atom. The predicted octanol–water partition coefficient (Wildman–Crippen LogP) is 2.71. The molecule has 0 saturated carbocycles. The third-order valence-electron chi connectivity index (χ3n) is 3.91. The largest absolute Gasteiger partial charge is 0.414 e. The predicted molar refractivity (Wildman–Crippen MR) is 87.7 cm³/mol. The van der Waals surface area contributed by atoms with Crippen LogP contribution in [0.15, 0.2) is 0 Å². The maximum atomic E-state index is 12.2. The van der Waals surface area contributed by atoms with Crippen molar-refractivity contribution in [2.24, 2.45) is 11.3 Å². The summed E-state index contributed by atoms with van der Waals surface area (Å²) < 4.78 is 12.5. The van der Waals surface area contributed by atoms with E-state index in [0.717, 1.165) is 0 Å². The Balaban J connectivity index is 3.03. The summed E-state index contributed by atoms with van der Waals surface area (Å²) in [5.74, 6) is -0.163. The van der Waals surface area contributed by atoms with Crippen molar-refractivity contribution in [1.29, 1.82) is 0 Å². The van der Waals surface area contributed by atoms with E-state index in [4.69, 9.17) is 8.85 Å². The lowest BCUT2D eigenvalue weighted by Gasteiger charge is -2.55. The minimum atomic E-state index is -1.70. The molecule has 1 saturated heterocycles. The van der Waals surface area contributed by atoms with E-state index in [2.05, 4.69) is 65.7 Å². The number of nitrogens with one attached hydrogen (secondary N) is 1. The number of rotatable bonds is 5. The van der Waals surface area contributed by atoms with Gasteiger partial charge >= 0.3 is 0 Å². The topological polar surface area (TPSA) is 47.6 Å². The number of carbonyl (C=O) groups excluding carboxylic acids is 1. The van der Waals surface area contributed by atoms with Crippen LogP contribution in [0, 0.1) is 11.3 Å². The minimum absolute atomic E-state index is 0.0559. The molecule has 1 aliphatic heterocycles. The Kier molecular flexibility index (Phi) is 4.96. The molecule has 0 radical (unpaired) electrons. The second-order valence-electron chi connectivity index (χ2n) is 8.16. The number of carbonyl (C=O) groups is 1. The van der Waals surface area contributed by atoms with Gasteiger partial charge in [-0.05, 0) is 45.1 Å². The van der Waals surface area contributed by atoms with Gasteiger partial charge in [0.2, 0.25) is 5.91 Å². The smallest absolute Gasteiger partial charge is 0.232 e. The summed E-state index contributed by atoms with van der Waals surface area (Å²) in [7, 11) is -2.96. The van der Waals surface area contributed by atoms with E-state index in [1.807, 2.05) is 0 Å². The molecule has 0 aromatic rings. The average Bonchev–Trinajstić information content (AvgIpc) is 2.10. The van der Waals surface area contributed by atoms with Gasteiger partial charge in [0.25, 0.3) is 0 Å². The highest BCUT2D eigenvalue weighted by atomic mass is 28.4. The molecule has 1 amide bonds. The zero-order valence-electron chi connectivity index (χ0n) is 14.5. The van der Waals surface area contributed by atoms with Crippen molar-refractivity contribution in [1.82, 2.24) is 5.32 Å². The van der Waals surface area contributed by atoms with Crippen molar-refractivity contribution >= 4 is 23.3 Å². The third-order valence-corrected chi connectivity index (χ3v) is 5.84. The Labute approximate surface area is 126 Å². The van der Waals surface area contributed by atoms with Crippen LogP contribution >= 0.6 is 0 Å². The van der Waals surface area contributed by atoms with Gasteiger partial charge in [-0.2, -0.15) is 0 Å². The first-order chi connectivity index (χ1) is 8.78. The first kappa shape index (κ1) is 17.9. The molecule has 6 heteroatoms. The molecule has 1 unspecified atom stereocenters. The molecule has 0 aliphatic carbocycles. The van der Waals surface area contributed by atoms with Crippen LogP contribution in [0.2, 0.25) is 32.7 Å². The van der Waals surface area contributed by atoms with Crippen molar-refractivity contribution in [3.05, 3.63) is 0 Å². The molecule has 0 aromatic heterocycles. The molecular formula is C14H31NO3Si2.